The van der Waals surface area contributed by atoms with Crippen LogP contribution in [-0.2, 0) is 0 Å². The number of aliphatic hydroxyl groups excluding tert-OH is 1. The van der Waals surface area contributed by atoms with Crippen molar-refractivity contribution >= 4 is 6.09 Å². The van der Waals surface area contributed by atoms with Crippen LogP contribution < -0.4 is 10.1 Å². The maximum atomic E-state index is 10.4. The molecular weight excluding hydrogens is 210 g/mol. The average molecular weight is 225 g/mol. The average Bonchev–Trinajstić information content (AvgIpc) is 2.27. The molecule has 0 bridgehead atoms. The van der Waals surface area contributed by atoms with Gasteiger partial charge >= 0.3 is 6.09 Å². The molecule has 0 aliphatic carbocycles. The Labute approximate surface area is 93.7 Å². The summed E-state index contributed by atoms with van der Waals surface area (Å²) in [5.41, 5.74) is 0.641. The van der Waals surface area contributed by atoms with E-state index >= 15 is 0 Å². The van der Waals surface area contributed by atoms with Crippen molar-refractivity contribution in [2.75, 3.05) is 7.11 Å². The second-order valence-corrected chi connectivity index (χ2v) is 3.46. The summed E-state index contributed by atoms with van der Waals surface area (Å²) in [5.74, 6) is 0.690. The standard InChI is InChI=1S/C11H15NO4/c1-7(12-11(14)15)10(13)8-3-5-9(16-2)6-4-8/h3-7,10,12-13H,1-2H3,(H,14,15)/t7-,10+/m0/s1. The normalized spacial score (nSPS) is 13.9. The molecule has 88 valence electrons. The Morgan fingerprint density at radius 2 is 1.94 bits per heavy atom. The molecule has 1 aromatic carbocycles. The lowest BCUT2D eigenvalue weighted by Gasteiger charge is -2.19. The first-order valence-electron chi connectivity index (χ1n) is 4.86. The van der Waals surface area contributed by atoms with Gasteiger partial charge in [0.2, 0.25) is 0 Å². The zero-order valence-corrected chi connectivity index (χ0v) is 9.18. The molecule has 1 amide bonds. The molecule has 0 aliphatic rings. The van der Waals surface area contributed by atoms with Crippen LogP contribution in [0.3, 0.4) is 0 Å². The van der Waals surface area contributed by atoms with E-state index in [0.29, 0.717) is 11.3 Å². The van der Waals surface area contributed by atoms with E-state index in [4.69, 9.17) is 9.84 Å². The van der Waals surface area contributed by atoms with Gasteiger partial charge in [-0.15, -0.1) is 0 Å². The van der Waals surface area contributed by atoms with Crippen molar-refractivity contribution in [1.82, 2.24) is 5.32 Å². The molecule has 0 heterocycles. The van der Waals surface area contributed by atoms with Gasteiger partial charge in [0.05, 0.1) is 19.3 Å². The maximum Gasteiger partial charge on any atom is 0.404 e. The number of nitrogens with one attached hydrogen (secondary N) is 1. The smallest absolute Gasteiger partial charge is 0.404 e. The van der Waals surface area contributed by atoms with Crippen molar-refractivity contribution in [3.8, 4) is 5.75 Å². The third kappa shape index (κ3) is 3.13. The number of carboxylic acid groups (broad SMARTS) is 1. The lowest BCUT2D eigenvalue weighted by atomic mass is 10.0. The molecule has 0 unspecified atom stereocenters. The molecule has 0 saturated carbocycles. The molecular formula is C11H15NO4. The van der Waals surface area contributed by atoms with Crippen LogP contribution in [0.2, 0.25) is 0 Å². The fourth-order valence-corrected chi connectivity index (χ4v) is 1.36. The predicted octanol–water partition coefficient (Wildman–Crippen LogP) is 1.38. The number of aliphatic hydroxyl groups is 1. The van der Waals surface area contributed by atoms with Crippen molar-refractivity contribution in [1.29, 1.82) is 0 Å². The highest BCUT2D eigenvalue weighted by molar-refractivity contribution is 5.64. The molecule has 0 aliphatic heterocycles. The summed E-state index contributed by atoms with van der Waals surface area (Å²) in [5, 5.41) is 20.6. The Hall–Kier alpha value is -1.75. The molecule has 5 nitrogen and oxygen atoms in total. The van der Waals surface area contributed by atoms with E-state index in [1.807, 2.05) is 0 Å². The van der Waals surface area contributed by atoms with Gasteiger partial charge in [0.15, 0.2) is 0 Å². The first-order chi connectivity index (χ1) is 7.54. The summed E-state index contributed by atoms with van der Waals surface area (Å²) in [4.78, 5) is 10.4. The van der Waals surface area contributed by atoms with Crippen molar-refractivity contribution in [2.45, 2.75) is 19.1 Å². The zero-order chi connectivity index (χ0) is 12.1. The number of ether oxygens (including phenoxy) is 1. The van der Waals surface area contributed by atoms with Gasteiger partial charge in [-0.2, -0.15) is 0 Å². The maximum absolute atomic E-state index is 10.4. The molecule has 16 heavy (non-hydrogen) atoms. The monoisotopic (exact) mass is 225 g/mol. The van der Waals surface area contributed by atoms with Gasteiger partial charge in [0.1, 0.15) is 5.75 Å². The van der Waals surface area contributed by atoms with E-state index < -0.39 is 18.2 Å². The lowest BCUT2D eigenvalue weighted by Crippen LogP contribution is -2.35. The Balaban J connectivity index is 2.71. The SMILES string of the molecule is COc1ccc([C@H](O)[C@H](C)NC(=O)O)cc1. The van der Waals surface area contributed by atoms with Crippen LogP contribution in [0.25, 0.3) is 0 Å². The molecule has 0 radical (unpaired) electrons. The number of amides is 1. The Morgan fingerprint density at radius 1 is 1.38 bits per heavy atom. The van der Waals surface area contributed by atoms with Crippen LogP contribution in [0, 0.1) is 0 Å². The molecule has 0 saturated heterocycles. The number of methoxy groups -OCH3 is 1. The number of hydrogen-bond donors (Lipinski definition) is 3. The van der Waals surface area contributed by atoms with Gasteiger partial charge in [-0.3, -0.25) is 0 Å². The fraction of sp³-hybridized carbons (Fsp3) is 0.364. The van der Waals surface area contributed by atoms with Crippen molar-refractivity contribution in [3.05, 3.63) is 29.8 Å². The van der Waals surface area contributed by atoms with E-state index in [1.54, 1.807) is 38.3 Å². The first kappa shape index (κ1) is 12.3. The van der Waals surface area contributed by atoms with Gasteiger partial charge < -0.3 is 20.3 Å². The summed E-state index contributed by atoms with van der Waals surface area (Å²) in [6, 6.07) is 6.26. The summed E-state index contributed by atoms with van der Waals surface area (Å²) >= 11 is 0. The van der Waals surface area contributed by atoms with Gasteiger partial charge in [-0.1, -0.05) is 12.1 Å². The Morgan fingerprint density at radius 3 is 2.38 bits per heavy atom. The highest BCUT2D eigenvalue weighted by Crippen LogP contribution is 2.19. The molecule has 0 aromatic heterocycles. The highest BCUT2D eigenvalue weighted by atomic mass is 16.5. The quantitative estimate of drug-likeness (QED) is 0.723. The molecule has 2 atom stereocenters. The molecule has 1 rings (SSSR count). The van der Waals surface area contributed by atoms with Crippen LogP contribution in [0.1, 0.15) is 18.6 Å². The topological polar surface area (TPSA) is 78.8 Å². The van der Waals surface area contributed by atoms with Gasteiger partial charge in [-0.05, 0) is 24.6 Å². The van der Waals surface area contributed by atoms with Gasteiger partial charge in [0.25, 0.3) is 0 Å². The van der Waals surface area contributed by atoms with Crippen LogP contribution in [0.5, 0.6) is 5.75 Å². The predicted molar refractivity (Wildman–Crippen MR) is 58.6 cm³/mol. The Kier molecular flexibility index (Phi) is 4.13. The van der Waals surface area contributed by atoms with Crippen LogP contribution >= 0.6 is 0 Å². The van der Waals surface area contributed by atoms with Crippen molar-refractivity contribution < 1.29 is 19.7 Å². The van der Waals surface area contributed by atoms with Crippen LogP contribution in [-0.4, -0.2) is 29.5 Å². The lowest BCUT2D eigenvalue weighted by molar-refractivity contribution is 0.127. The minimum atomic E-state index is -1.15. The highest BCUT2D eigenvalue weighted by Gasteiger charge is 2.17. The zero-order valence-electron chi connectivity index (χ0n) is 9.18. The van der Waals surface area contributed by atoms with Crippen molar-refractivity contribution in [2.24, 2.45) is 0 Å². The third-order valence-corrected chi connectivity index (χ3v) is 2.28. The first-order valence-corrected chi connectivity index (χ1v) is 4.86. The summed E-state index contributed by atoms with van der Waals surface area (Å²) in [7, 11) is 1.56. The van der Waals surface area contributed by atoms with Crippen LogP contribution in [0.15, 0.2) is 24.3 Å². The van der Waals surface area contributed by atoms with Crippen molar-refractivity contribution in [3.63, 3.8) is 0 Å². The van der Waals surface area contributed by atoms with E-state index in [0.717, 1.165) is 0 Å². The molecule has 3 N–H and O–H groups in total. The second-order valence-electron chi connectivity index (χ2n) is 3.46. The van der Waals surface area contributed by atoms with E-state index in [2.05, 4.69) is 5.32 Å². The molecule has 1 aromatic rings. The number of benzene rings is 1. The van der Waals surface area contributed by atoms with Crippen LogP contribution in [0.4, 0.5) is 4.79 Å². The summed E-state index contributed by atoms with van der Waals surface area (Å²) < 4.78 is 4.98. The van der Waals surface area contributed by atoms with Gasteiger partial charge in [-0.25, -0.2) is 4.79 Å². The summed E-state index contributed by atoms with van der Waals surface area (Å²) in [6.45, 7) is 1.60. The molecule has 5 heteroatoms. The summed E-state index contributed by atoms with van der Waals surface area (Å²) in [6.07, 6.45) is -2.03. The molecule has 0 spiro atoms. The minimum Gasteiger partial charge on any atom is -0.497 e. The van der Waals surface area contributed by atoms with E-state index in [-0.39, 0.29) is 0 Å². The van der Waals surface area contributed by atoms with E-state index in [1.165, 1.54) is 0 Å². The second kappa shape index (κ2) is 5.37. The van der Waals surface area contributed by atoms with E-state index in [9.17, 15) is 9.90 Å². The number of carbonyl (C=O) groups is 1. The molecule has 0 fully saturated rings. The third-order valence-electron chi connectivity index (χ3n) is 2.28. The Bertz CT molecular complexity index is 350. The largest absolute Gasteiger partial charge is 0.497 e. The fourth-order valence-electron chi connectivity index (χ4n) is 1.36. The number of hydrogen-bond acceptors (Lipinski definition) is 3. The minimum absolute atomic E-state index is 0.564. The number of rotatable bonds is 4. The van der Waals surface area contributed by atoms with Gasteiger partial charge in [0, 0.05) is 0 Å².